The number of nitrogens with one attached hydrogen (secondary N) is 2. The molecule has 2 amide bonds. The molecule has 0 bridgehead atoms. The maximum Gasteiger partial charge on any atom is 0.226 e. The Morgan fingerprint density at radius 1 is 1.30 bits per heavy atom. The summed E-state index contributed by atoms with van der Waals surface area (Å²) < 4.78 is 0. The Bertz CT molecular complexity index is 404. The van der Waals surface area contributed by atoms with Gasteiger partial charge in [0.25, 0.3) is 0 Å². The van der Waals surface area contributed by atoms with Crippen LogP contribution in [0.3, 0.4) is 0 Å². The third-order valence-corrected chi connectivity index (χ3v) is 2.42. The van der Waals surface area contributed by atoms with Crippen LogP contribution in [0.2, 0.25) is 0 Å². The van der Waals surface area contributed by atoms with E-state index in [1.807, 2.05) is 0 Å². The molecule has 1 atom stereocenters. The van der Waals surface area contributed by atoms with Crippen molar-refractivity contribution in [1.29, 1.82) is 0 Å². The first kappa shape index (κ1) is 20.9. The monoisotopic (exact) mass is 322 g/mol. The molecule has 0 fully saturated rings. The second-order valence-corrected chi connectivity index (χ2v) is 3.96. The quantitative estimate of drug-likeness (QED) is 0.726. The Labute approximate surface area is 130 Å². The number of amides is 2. The first-order chi connectivity index (χ1) is 8.63. The smallest absolute Gasteiger partial charge is 0.226 e. The van der Waals surface area contributed by atoms with E-state index in [4.69, 9.17) is 5.73 Å². The summed E-state index contributed by atoms with van der Waals surface area (Å²) in [4.78, 5) is 26.8. The van der Waals surface area contributed by atoms with E-state index in [1.165, 1.54) is 0 Å². The highest BCUT2D eigenvalue weighted by atomic mass is 35.5. The lowest BCUT2D eigenvalue weighted by atomic mass is 10.2. The zero-order chi connectivity index (χ0) is 13.4. The molecule has 1 rings (SSSR count). The Morgan fingerprint density at radius 2 is 1.90 bits per heavy atom. The topological polar surface area (TPSA) is 97.1 Å². The van der Waals surface area contributed by atoms with Gasteiger partial charge in [0.2, 0.25) is 11.8 Å². The first-order valence-corrected chi connectivity index (χ1v) is 5.81. The fraction of sp³-hybridized carbons (Fsp3) is 0.417. The minimum atomic E-state index is -0.228. The summed E-state index contributed by atoms with van der Waals surface area (Å²) in [7, 11) is 0. The molecule has 20 heavy (non-hydrogen) atoms. The highest BCUT2D eigenvalue weighted by Gasteiger charge is 2.10. The van der Waals surface area contributed by atoms with Crippen molar-refractivity contribution in [3.8, 4) is 0 Å². The van der Waals surface area contributed by atoms with Crippen molar-refractivity contribution in [2.75, 3.05) is 18.4 Å². The second-order valence-electron chi connectivity index (χ2n) is 3.96. The molecule has 0 aliphatic carbocycles. The van der Waals surface area contributed by atoms with Gasteiger partial charge in [-0.3, -0.25) is 14.6 Å². The number of hydrogen-bond donors (Lipinski definition) is 3. The van der Waals surface area contributed by atoms with Gasteiger partial charge in [0.15, 0.2) is 0 Å². The summed E-state index contributed by atoms with van der Waals surface area (Å²) in [5.74, 6) is -0.510. The fourth-order valence-corrected chi connectivity index (χ4v) is 1.24. The number of nitrogens with zero attached hydrogens (tertiary/aromatic N) is 1. The van der Waals surface area contributed by atoms with E-state index in [-0.39, 0.29) is 49.0 Å². The van der Waals surface area contributed by atoms with Gasteiger partial charge >= 0.3 is 0 Å². The van der Waals surface area contributed by atoms with Crippen molar-refractivity contribution in [1.82, 2.24) is 10.3 Å². The van der Waals surface area contributed by atoms with E-state index in [1.54, 1.807) is 31.5 Å². The second kappa shape index (κ2) is 11.5. The molecule has 1 unspecified atom stereocenters. The van der Waals surface area contributed by atoms with Gasteiger partial charge in [-0.2, -0.15) is 0 Å². The molecule has 8 heteroatoms. The third-order valence-electron chi connectivity index (χ3n) is 2.42. The minimum absolute atomic E-state index is 0. The molecule has 1 aromatic rings. The predicted molar refractivity (Wildman–Crippen MR) is 83.2 cm³/mol. The molecular weight excluding hydrogens is 303 g/mol. The molecule has 0 spiro atoms. The Kier molecular flexibility index (Phi) is 12.0. The predicted octanol–water partition coefficient (Wildman–Crippen LogP) is 0.965. The van der Waals surface area contributed by atoms with Crippen molar-refractivity contribution in [3.63, 3.8) is 0 Å². The van der Waals surface area contributed by atoms with Crippen LogP contribution in [0.15, 0.2) is 24.5 Å². The lowest BCUT2D eigenvalue weighted by Crippen LogP contribution is -2.35. The van der Waals surface area contributed by atoms with Crippen LogP contribution in [-0.4, -0.2) is 29.9 Å². The molecule has 0 aliphatic heterocycles. The van der Waals surface area contributed by atoms with Gasteiger partial charge in [-0.05, 0) is 12.1 Å². The molecule has 0 aromatic carbocycles. The fourth-order valence-electron chi connectivity index (χ4n) is 1.24. The molecule has 0 saturated carbocycles. The highest BCUT2D eigenvalue weighted by molar-refractivity contribution is 5.91. The number of aromatic nitrogens is 1. The number of halogens is 2. The normalized spacial score (nSPS) is 10.5. The molecule has 0 radical (unpaired) electrons. The molecule has 4 N–H and O–H groups in total. The van der Waals surface area contributed by atoms with Crippen LogP contribution in [0.25, 0.3) is 0 Å². The maximum atomic E-state index is 11.5. The average molecular weight is 323 g/mol. The van der Waals surface area contributed by atoms with E-state index in [9.17, 15) is 9.59 Å². The number of hydrogen-bond acceptors (Lipinski definition) is 4. The van der Waals surface area contributed by atoms with Gasteiger partial charge in [0.1, 0.15) is 0 Å². The van der Waals surface area contributed by atoms with Crippen LogP contribution in [-0.2, 0) is 9.59 Å². The van der Waals surface area contributed by atoms with Crippen molar-refractivity contribution in [2.45, 2.75) is 13.3 Å². The van der Waals surface area contributed by atoms with Crippen molar-refractivity contribution >= 4 is 42.3 Å². The maximum absolute atomic E-state index is 11.5. The van der Waals surface area contributed by atoms with Gasteiger partial charge in [0.05, 0.1) is 0 Å². The minimum Gasteiger partial charge on any atom is -0.355 e. The van der Waals surface area contributed by atoms with Gasteiger partial charge < -0.3 is 16.4 Å². The first-order valence-electron chi connectivity index (χ1n) is 5.81. The molecule has 114 valence electrons. The number of nitrogens with two attached hydrogens (primary N) is 1. The summed E-state index contributed by atoms with van der Waals surface area (Å²) in [6.45, 7) is 2.35. The number of carbonyl (C=O) groups is 2. The van der Waals surface area contributed by atoms with Crippen LogP contribution >= 0.6 is 24.8 Å². The Morgan fingerprint density at radius 3 is 2.45 bits per heavy atom. The Balaban J connectivity index is 0. The summed E-state index contributed by atoms with van der Waals surface area (Å²) in [5, 5.41) is 5.36. The van der Waals surface area contributed by atoms with E-state index < -0.39 is 0 Å². The van der Waals surface area contributed by atoms with E-state index in [0.717, 1.165) is 0 Å². The third kappa shape index (κ3) is 7.93. The van der Waals surface area contributed by atoms with Gasteiger partial charge in [0, 0.05) is 43.5 Å². The molecule has 6 nitrogen and oxygen atoms in total. The number of anilines is 1. The van der Waals surface area contributed by atoms with Crippen molar-refractivity contribution in [3.05, 3.63) is 24.5 Å². The van der Waals surface area contributed by atoms with Crippen molar-refractivity contribution in [2.24, 2.45) is 11.7 Å². The molecule has 0 saturated heterocycles. The van der Waals surface area contributed by atoms with Gasteiger partial charge in [-0.1, -0.05) is 6.92 Å². The summed E-state index contributed by atoms with van der Waals surface area (Å²) in [5.41, 5.74) is 6.05. The van der Waals surface area contributed by atoms with Gasteiger partial charge in [-0.15, -0.1) is 24.8 Å². The van der Waals surface area contributed by atoms with Crippen LogP contribution < -0.4 is 16.4 Å². The largest absolute Gasteiger partial charge is 0.355 e. The van der Waals surface area contributed by atoms with Crippen LogP contribution in [0.4, 0.5) is 5.69 Å². The average Bonchev–Trinajstić information content (AvgIpc) is 2.38. The van der Waals surface area contributed by atoms with E-state index in [0.29, 0.717) is 18.8 Å². The van der Waals surface area contributed by atoms with Gasteiger partial charge in [-0.25, -0.2) is 0 Å². The zero-order valence-corrected chi connectivity index (χ0v) is 12.8. The van der Waals surface area contributed by atoms with Crippen LogP contribution in [0.5, 0.6) is 0 Å². The summed E-state index contributed by atoms with van der Waals surface area (Å²) >= 11 is 0. The molecule has 0 aliphatic rings. The summed E-state index contributed by atoms with van der Waals surface area (Å²) in [6, 6.07) is 3.40. The number of pyridine rings is 1. The number of rotatable bonds is 6. The lowest BCUT2D eigenvalue weighted by molar-refractivity contribution is -0.124. The SMILES string of the molecule is CC(CN)C(=O)NCCC(=O)Nc1ccncc1.Cl.Cl. The van der Waals surface area contributed by atoms with Crippen LogP contribution in [0.1, 0.15) is 13.3 Å². The van der Waals surface area contributed by atoms with Crippen LogP contribution in [0, 0.1) is 5.92 Å². The van der Waals surface area contributed by atoms with Crippen molar-refractivity contribution < 1.29 is 9.59 Å². The lowest BCUT2D eigenvalue weighted by Gasteiger charge is -2.09. The Hall–Kier alpha value is -1.37. The zero-order valence-electron chi connectivity index (χ0n) is 11.2. The number of carbonyl (C=O) groups excluding carboxylic acids is 2. The van der Waals surface area contributed by atoms with E-state index >= 15 is 0 Å². The summed E-state index contributed by atoms with van der Waals surface area (Å²) in [6.07, 6.45) is 3.42. The molecule has 1 aromatic heterocycles. The van der Waals surface area contributed by atoms with E-state index in [2.05, 4.69) is 15.6 Å². The standard InChI is InChI=1S/C12H18N4O2.2ClH/c1-9(8-13)12(18)15-7-4-11(17)16-10-2-5-14-6-3-10;;/h2-3,5-6,9H,4,7-8,13H2,1H3,(H,15,18)(H,14,16,17);2*1H. The molecular formula is C12H20Cl2N4O2. The molecule has 1 heterocycles. The highest BCUT2D eigenvalue weighted by Crippen LogP contribution is 2.03.